The molecule has 24 heavy (non-hydrogen) atoms. The first-order valence-electron chi connectivity index (χ1n) is 7.40. The number of anilines is 1. The average Bonchev–Trinajstić information content (AvgIpc) is 3.04. The van der Waals surface area contributed by atoms with Crippen molar-refractivity contribution in [2.75, 3.05) is 11.1 Å². The van der Waals surface area contributed by atoms with E-state index in [2.05, 4.69) is 16.4 Å². The predicted molar refractivity (Wildman–Crippen MR) is 99.1 cm³/mol. The predicted octanol–water partition coefficient (Wildman–Crippen LogP) is 4.56. The highest BCUT2D eigenvalue weighted by Crippen LogP contribution is 2.21. The SMILES string of the molecule is Cc1cccc(-n2ccnc2SCC(=O)Nc2ccc(Cl)cc2)c1. The highest BCUT2D eigenvalue weighted by Gasteiger charge is 2.09. The maximum atomic E-state index is 12.1. The molecule has 122 valence electrons. The van der Waals surface area contributed by atoms with E-state index in [1.807, 2.05) is 35.9 Å². The van der Waals surface area contributed by atoms with Gasteiger partial charge in [-0.25, -0.2) is 4.98 Å². The molecule has 2 aromatic carbocycles. The van der Waals surface area contributed by atoms with Gasteiger partial charge in [-0.05, 0) is 48.9 Å². The number of aryl methyl sites for hydroxylation is 1. The quantitative estimate of drug-likeness (QED) is 0.680. The summed E-state index contributed by atoms with van der Waals surface area (Å²) in [5.74, 6) is 0.201. The molecule has 0 bridgehead atoms. The molecule has 0 unspecified atom stereocenters. The van der Waals surface area contributed by atoms with E-state index in [1.165, 1.54) is 17.3 Å². The second-order valence-corrected chi connectivity index (χ2v) is 6.64. The summed E-state index contributed by atoms with van der Waals surface area (Å²) in [7, 11) is 0. The van der Waals surface area contributed by atoms with Crippen LogP contribution in [0.2, 0.25) is 5.02 Å². The first-order valence-corrected chi connectivity index (χ1v) is 8.77. The average molecular weight is 358 g/mol. The minimum Gasteiger partial charge on any atom is -0.325 e. The summed E-state index contributed by atoms with van der Waals surface area (Å²) in [6, 6.07) is 15.2. The van der Waals surface area contributed by atoms with Crippen molar-refractivity contribution in [3.63, 3.8) is 0 Å². The van der Waals surface area contributed by atoms with E-state index in [4.69, 9.17) is 11.6 Å². The van der Waals surface area contributed by atoms with Gasteiger partial charge in [-0.3, -0.25) is 9.36 Å². The molecule has 0 saturated heterocycles. The molecule has 6 heteroatoms. The smallest absolute Gasteiger partial charge is 0.234 e. The van der Waals surface area contributed by atoms with Gasteiger partial charge in [-0.1, -0.05) is 35.5 Å². The lowest BCUT2D eigenvalue weighted by atomic mass is 10.2. The summed E-state index contributed by atoms with van der Waals surface area (Å²) < 4.78 is 1.98. The lowest BCUT2D eigenvalue weighted by Crippen LogP contribution is -2.14. The van der Waals surface area contributed by atoms with Crippen molar-refractivity contribution in [1.82, 2.24) is 9.55 Å². The molecule has 0 saturated carbocycles. The number of carbonyl (C=O) groups is 1. The lowest BCUT2D eigenvalue weighted by Gasteiger charge is -2.08. The van der Waals surface area contributed by atoms with Crippen LogP contribution >= 0.6 is 23.4 Å². The van der Waals surface area contributed by atoms with Gasteiger partial charge in [0.15, 0.2) is 5.16 Å². The molecule has 1 heterocycles. The van der Waals surface area contributed by atoms with Crippen LogP contribution in [-0.2, 0) is 4.79 Å². The maximum absolute atomic E-state index is 12.1. The van der Waals surface area contributed by atoms with Crippen LogP contribution in [-0.4, -0.2) is 21.2 Å². The minimum atomic E-state index is -0.0823. The molecule has 4 nitrogen and oxygen atoms in total. The number of nitrogens with one attached hydrogen (secondary N) is 1. The fourth-order valence-corrected chi connectivity index (χ4v) is 3.13. The summed E-state index contributed by atoms with van der Waals surface area (Å²) in [5, 5.41) is 4.27. The Bertz CT molecular complexity index is 845. The van der Waals surface area contributed by atoms with E-state index in [1.54, 1.807) is 30.5 Å². The number of hydrogen-bond donors (Lipinski definition) is 1. The van der Waals surface area contributed by atoms with E-state index in [-0.39, 0.29) is 11.7 Å². The van der Waals surface area contributed by atoms with Crippen molar-refractivity contribution in [3.05, 3.63) is 71.5 Å². The van der Waals surface area contributed by atoms with Crippen molar-refractivity contribution in [2.45, 2.75) is 12.1 Å². The number of amides is 1. The van der Waals surface area contributed by atoms with Gasteiger partial charge < -0.3 is 5.32 Å². The van der Waals surface area contributed by atoms with Gasteiger partial charge in [0.25, 0.3) is 0 Å². The van der Waals surface area contributed by atoms with Crippen LogP contribution in [0.15, 0.2) is 66.1 Å². The molecule has 1 amide bonds. The molecule has 0 aliphatic rings. The number of aromatic nitrogens is 2. The van der Waals surface area contributed by atoms with Crippen LogP contribution in [0.5, 0.6) is 0 Å². The Morgan fingerprint density at radius 1 is 1.25 bits per heavy atom. The number of hydrogen-bond acceptors (Lipinski definition) is 3. The number of imidazole rings is 1. The third-order valence-electron chi connectivity index (χ3n) is 3.35. The Kier molecular flexibility index (Phi) is 5.23. The lowest BCUT2D eigenvalue weighted by molar-refractivity contribution is -0.113. The van der Waals surface area contributed by atoms with E-state index in [0.29, 0.717) is 5.02 Å². The number of carbonyl (C=O) groups excluding carboxylic acids is 1. The molecule has 0 aliphatic heterocycles. The van der Waals surface area contributed by atoms with Gasteiger partial charge in [0.2, 0.25) is 5.91 Å². The van der Waals surface area contributed by atoms with Gasteiger partial charge in [0, 0.05) is 28.8 Å². The molecule has 3 aromatic rings. The van der Waals surface area contributed by atoms with E-state index >= 15 is 0 Å². The Balaban J connectivity index is 1.64. The standard InChI is InChI=1S/C18H16ClN3OS/c1-13-3-2-4-16(11-13)22-10-9-20-18(22)24-12-17(23)21-15-7-5-14(19)6-8-15/h2-11H,12H2,1H3,(H,21,23). The summed E-state index contributed by atoms with van der Waals surface area (Å²) in [6.45, 7) is 2.05. The molecule has 0 aliphatic carbocycles. The molecule has 0 radical (unpaired) electrons. The third-order valence-corrected chi connectivity index (χ3v) is 4.57. The summed E-state index contributed by atoms with van der Waals surface area (Å²) in [6.07, 6.45) is 3.63. The molecule has 1 aromatic heterocycles. The van der Waals surface area contributed by atoms with E-state index in [0.717, 1.165) is 16.5 Å². The summed E-state index contributed by atoms with van der Waals surface area (Å²) >= 11 is 7.23. The Hall–Kier alpha value is -2.24. The molecule has 0 fully saturated rings. The fourth-order valence-electron chi connectivity index (χ4n) is 2.23. The van der Waals surface area contributed by atoms with Crippen molar-refractivity contribution in [1.29, 1.82) is 0 Å². The number of benzene rings is 2. The van der Waals surface area contributed by atoms with Crippen molar-refractivity contribution in [2.24, 2.45) is 0 Å². The van der Waals surface area contributed by atoms with Crippen LogP contribution in [0.4, 0.5) is 5.69 Å². The number of nitrogens with zero attached hydrogens (tertiary/aromatic N) is 2. The normalized spacial score (nSPS) is 10.6. The van der Waals surface area contributed by atoms with Gasteiger partial charge in [-0.15, -0.1) is 0 Å². The van der Waals surface area contributed by atoms with Crippen LogP contribution in [0.25, 0.3) is 5.69 Å². The second kappa shape index (κ2) is 7.55. The van der Waals surface area contributed by atoms with E-state index < -0.39 is 0 Å². The van der Waals surface area contributed by atoms with Crippen LogP contribution in [0.3, 0.4) is 0 Å². The highest BCUT2D eigenvalue weighted by atomic mass is 35.5. The molecule has 1 N–H and O–H groups in total. The van der Waals surface area contributed by atoms with Crippen LogP contribution in [0.1, 0.15) is 5.56 Å². The molecular weight excluding hydrogens is 342 g/mol. The van der Waals surface area contributed by atoms with E-state index in [9.17, 15) is 4.79 Å². The van der Waals surface area contributed by atoms with Gasteiger partial charge >= 0.3 is 0 Å². The Morgan fingerprint density at radius 3 is 2.79 bits per heavy atom. The minimum absolute atomic E-state index is 0.0823. The van der Waals surface area contributed by atoms with Crippen LogP contribution < -0.4 is 5.32 Å². The van der Waals surface area contributed by atoms with Gasteiger partial charge in [-0.2, -0.15) is 0 Å². The molecule has 3 rings (SSSR count). The van der Waals surface area contributed by atoms with Crippen molar-refractivity contribution in [3.8, 4) is 5.69 Å². The topological polar surface area (TPSA) is 46.9 Å². The van der Waals surface area contributed by atoms with Crippen molar-refractivity contribution >= 4 is 35.0 Å². The monoisotopic (exact) mass is 357 g/mol. The second-order valence-electron chi connectivity index (χ2n) is 5.26. The number of thioether (sulfide) groups is 1. The first-order chi connectivity index (χ1) is 11.6. The Morgan fingerprint density at radius 2 is 2.04 bits per heavy atom. The van der Waals surface area contributed by atoms with Gasteiger partial charge in [0.05, 0.1) is 5.75 Å². The zero-order valence-electron chi connectivity index (χ0n) is 13.1. The summed E-state index contributed by atoms with van der Waals surface area (Å²) in [4.78, 5) is 16.4. The number of halogens is 1. The van der Waals surface area contributed by atoms with Crippen molar-refractivity contribution < 1.29 is 4.79 Å². The third kappa shape index (κ3) is 4.19. The largest absolute Gasteiger partial charge is 0.325 e. The Labute approximate surface area is 149 Å². The zero-order chi connectivity index (χ0) is 16.9. The summed E-state index contributed by atoms with van der Waals surface area (Å²) in [5.41, 5.74) is 2.94. The molecule has 0 spiro atoms. The van der Waals surface area contributed by atoms with Crippen LogP contribution in [0, 0.1) is 6.92 Å². The fraction of sp³-hybridized carbons (Fsp3) is 0.111. The first kappa shape index (κ1) is 16.6. The zero-order valence-corrected chi connectivity index (χ0v) is 14.6. The van der Waals surface area contributed by atoms with Gasteiger partial charge in [0.1, 0.15) is 0 Å². The molecular formula is C18H16ClN3OS. The maximum Gasteiger partial charge on any atom is 0.234 e. The highest BCUT2D eigenvalue weighted by molar-refractivity contribution is 7.99. The molecule has 0 atom stereocenters. The number of rotatable bonds is 5.